The quantitative estimate of drug-likeness (QED) is 0.849. The van der Waals surface area contributed by atoms with Gasteiger partial charge >= 0.3 is 0 Å². The number of pyridine rings is 1. The molecule has 0 spiro atoms. The van der Waals surface area contributed by atoms with Gasteiger partial charge < -0.3 is 19.9 Å². The normalized spacial score (nSPS) is 21.8. The lowest BCUT2D eigenvalue weighted by Crippen LogP contribution is -2.51. The minimum atomic E-state index is -0.239. The van der Waals surface area contributed by atoms with Crippen molar-refractivity contribution in [3.05, 3.63) is 35.8 Å². The number of amides is 1. The highest BCUT2D eigenvalue weighted by atomic mass is 16.5. The molecule has 0 radical (unpaired) electrons. The van der Waals surface area contributed by atoms with Crippen LogP contribution in [0.15, 0.2) is 24.5 Å². The number of aromatic nitrogens is 3. The molecule has 1 atom stereocenters. The summed E-state index contributed by atoms with van der Waals surface area (Å²) < 4.78 is 5.57. The second kappa shape index (κ2) is 7.44. The monoisotopic (exact) mass is 380 g/mol. The molecule has 3 aliphatic rings. The van der Waals surface area contributed by atoms with Crippen LogP contribution in [-0.4, -0.2) is 64.6 Å². The number of ether oxygens (including phenoxy) is 1. The van der Waals surface area contributed by atoms with Crippen molar-refractivity contribution in [1.82, 2.24) is 25.2 Å². The van der Waals surface area contributed by atoms with E-state index in [-0.39, 0.29) is 12.0 Å². The Balaban J connectivity index is 1.36. The maximum absolute atomic E-state index is 12.6. The lowest BCUT2D eigenvalue weighted by molar-refractivity contribution is -0.141. The Kier molecular flexibility index (Phi) is 4.66. The Morgan fingerprint density at radius 1 is 1.11 bits per heavy atom. The summed E-state index contributed by atoms with van der Waals surface area (Å²) in [6, 6.07) is 3.87. The van der Waals surface area contributed by atoms with Crippen molar-refractivity contribution in [3.63, 3.8) is 0 Å². The second-order valence-electron chi connectivity index (χ2n) is 7.45. The van der Waals surface area contributed by atoms with Crippen LogP contribution >= 0.6 is 0 Å². The Hall–Kier alpha value is -2.58. The minimum absolute atomic E-state index is 0.143. The highest BCUT2D eigenvalue weighted by molar-refractivity contribution is 5.81. The van der Waals surface area contributed by atoms with Crippen LogP contribution in [0, 0.1) is 0 Å². The SMILES string of the molecule is O=C([C@H]1CCCO1)N1CCN(c2nc(-c3ccncc3)nc3c2CNC3)CC1. The van der Waals surface area contributed by atoms with Gasteiger partial charge in [0.15, 0.2) is 5.82 Å². The van der Waals surface area contributed by atoms with E-state index in [1.165, 1.54) is 5.56 Å². The minimum Gasteiger partial charge on any atom is -0.368 e. The lowest BCUT2D eigenvalue weighted by atomic mass is 10.1. The molecule has 0 aliphatic carbocycles. The van der Waals surface area contributed by atoms with E-state index in [9.17, 15) is 4.79 Å². The third-order valence-corrected chi connectivity index (χ3v) is 5.70. The molecule has 5 rings (SSSR count). The van der Waals surface area contributed by atoms with Crippen LogP contribution in [0.4, 0.5) is 5.82 Å². The van der Waals surface area contributed by atoms with E-state index in [0.29, 0.717) is 19.7 Å². The summed E-state index contributed by atoms with van der Waals surface area (Å²) in [5.74, 6) is 1.87. The van der Waals surface area contributed by atoms with Crippen molar-refractivity contribution >= 4 is 11.7 Å². The predicted octanol–water partition coefficient (Wildman–Crippen LogP) is 0.969. The number of rotatable bonds is 3. The summed E-state index contributed by atoms with van der Waals surface area (Å²) in [7, 11) is 0. The van der Waals surface area contributed by atoms with Crippen molar-refractivity contribution in [2.75, 3.05) is 37.7 Å². The molecule has 0 bridgehead atoms. The molecule has 1 N–H and O–H groups in total. The van der Waals surface area contributed by atoms with E-state index < -0.39 is 0 Å². The number of nitrogens with one attached hydrogen (secondary N) is 1. The molecule has 146 valence electrons. The van der Waals surface area contributed by atoms with Gasteiger partial charge in [-0.1, -0.05) is 0 Å². The molecule has 5 heterocycles. The van der Waals surface area contributed by atoms with Crippen molar-refractivity contribution in [2.45, 2.75) is 32.0 Å². The third-order valence-electron chi connectivity index (χ3n) is 5.70. The van der Waals surface area contributed by atoms with Gasteiger partial charge in [0, 0.05) is 69.4 Å². The summed E-state index contributed by atoms with van der Waals surface area (Å²) in [5.41, 5.74) is 3.21. The van der Waals surface area contributed by atoms with Gasteiger partial charge in [-0.15, -0.1) is 0 Å². The molecule has 2 fully saturated rings. The van der Waals surface area contributed by atoms with Crippen molar-refractivity contribution < 1.29 is 9.53 Å². The lowest BCUT2D eigenvalue weighted by Gasteiger charge is -2.37. The van der Waals surface area contributed by atoms with Crippen LogP contribution in [0.3, 0.4) is 0 Å². The number of carbonyl (C=O) groups excluding carboxylic acids is 1. The first kappa shape index (κ1) is 17.5. The highest BCUT2D eigenvalue weighted by Gasteiger charge is 2.32. The molecule has 8 heteroatoms. The number of carbonyl (C=O) groups is 1. The second-order valence-corrected chi connectivity index (χ2v) is 7.45. The third kappa shape index (κ3) is 3.22. The highest BCUT2D eigenvalue weighted by Crippen LogP contribution is 2.29. The molecule has 3 aliphatic heterocycles. The summed E-state index contributed by atoms with van der Waals surface area (Å²) >= 11 is 0. The topological polar surface area (TPSA) is 83.5 Å². The summed E-state index contributed by atoms with van der Waals surface area (Å²) in [6.45, 7) is 5.21. The maximum atomic E-state index is 12.6. The van der Waals surface area contributed by atoms with Gasteiger partial charge in [0.25, 0.3) is 5.91 Å². The van der Waals surface area contributed by atoms with E-state index in [1.54, 1.807) is 12.4 Å². The van der Waals surface area contributed by atoms with Crippen LogP contribution in [0.5, 0.6) is 0 Å². The number of hydrogen-bond acceptors (Lipinski definition) is 7. The molecule has 28 heavy (non-hydrogen) atoms. The van der Waals surface area contributed by atoms with Crippen molar-refractivity contribution in [1.29, 1.82) is 0 Å². The maximum Gasteiger partial charge on any atom is 0.251 e. The first-order valence-electron chi connectivity index (χ1n) is 9.96. The average molecular weight is 380 g/mol. The summed E-state index contributed by atoms with van der Waals surface area (Å²) in [4.78, 5) is 30.6. The smallest absolute Gasteiger partial charge is 0.251 e. The number of nitrogens with zero attached hydrogens (tertiary/aromatic N) is 5. The van der Waals surface area contributed by atoms with Crippen LogP contribution in [0.25, 0.3) is 11.4 Å². The van der Waals surface area contributed by atoms with Crippen LogP contribution in [-0.2, 0) is 22.6 Å². The first-order valence-corrected chi connectivity index (χ1v) is 9.96. The first-order chi connectivity index (χ1) is 13.8. The Labute approximate surface area is 163 Å². The van der Waals surface area contributed by atoms with Gasteiger partial charge in [-0.05, 0) is 25.0 Å². The van der Waals surface area contributed by atoms with Crippen molar-refractivity contribution in [3.8, 4) is 11.4 Å². The molecule has 2 aromatic heterocycles. The van der Waals surface area contributed by atoms with E-state index in [1.807, 2.05) is 17.0 Å². The molecule has 2 aromatic rings. The summed E-state index contributed by atoms with van der Waals surface area (Å²) in [5, 5.41) is 3.39. The van der Waals surface area contributed by atoms with Gasteiger partial charge in [0.2, 0.25) is 0 Å². The molecule has 1 amide bonds. The van der Waals surface area contributed by atoms with Gasteiger partial charge in [0.05, 0.1) is 5.69 Å². The Bertz CT molecular complexity index is 860. The van der Waals surface area contributed by atoms with E-state index in [2.05, 4.69) is 15.2 Å². The zero-order valence-corrected chi connectivity index (χ0v) is 15.8. The van der Waals surface area contributed by atoms with Crippen LogP contribution in [0.1, 0.15) is 24.1 Å². The number of hydrogen-bond donors (Lipinski definition) is 1. The number of fused-ring (bicyclic) bond motifs is 1. The molecule has 0 saturated carbocycles. The van der Waals surface area contributed by atoms with E-state index in [4.69, 9.17) is 14.7 Å². The molecular weight excluding hydrogens is 356 g/mol. The fourth-order valence-electron chi connectivity index (χ4n) is 4.16. The van der Waals surface area contributed by atoms with Gasteiger partial charge in [-0.2, -0.15) is 0 Å². The van der Waals surface area contributed by atoms with Gasteiger partial charge in [-0.25, -0.2) is 9.97 Å². The number of anilines is 1. The summed E-state index contributed by atoms with van der Waals surface area (Å²) in [6.07, 6.45) is 5.11. The van der Waals surface area contributed by atoms with Crippen LogP contribution in [0.2, 0.25) is 0 Å². The fraction of sp³-hybridized carbons (Fsp3) is 0.500. The predicted molar refractivity (Wildman–Crippen MR) is 104 cm³/mol. The zero-order chi connectivity index (χ0) is 18.9. The average Bonchev–Trinajstić information content (AvgIpc) is 3.45. The molecule has 0 unspecified atom stereocenters. The fourth-order valence-corrected chi connectivity index (χ4v) is 4.16. The van der Waals surface area contributed by atoms with Gasteiger partial charge in [0.1, 0.15) is 11.9 Å². The molecular formula is C20H24N6O2. The van der Waals surface area contributed by atoms with Crippen LogP contribution < -0.4 is 10.2 Å². The Morgan fingerprint density at radius 2 is 1.93 bits per heavy atom. The van der Waals surface area contributed by atoms with E-state index in [0.717, 1.165) is 61.9 Å². The standard InChI is InChI=1S/C20H24N6O2/c27-20(17-2-1-11-28-17)26-9-7-25(8-10-26)19-15-12-22-13-16(15)23-18(24-19)14-3-5-21-6-4-14/h3-6,17,22H,1-2,7-13H2/t17-/m1/s1. The van der Waals surface area contributed by atoms with Gasteiger partial charge in [-0.3, -0.25) is 9.78 Å². The molecule has 0 aromatic carbocycles. The molecule has 8 nitrogen and oxygen atoms in total. The zero-order valence-electron chi connectivity index (χ0n) is 15.8. The van der Waals surface area contributed by atoms with Crippen molar-refractivity contribution in [2.24, 2.45) is 0 Å². The number of piperazine rings is 1. The largest absolute Gasteiger partial charge is 0.368 e. The molecule has 2 saturated heterocycles. The Morgan fingerprint density at radius 3 is 2.68 bits per heavy atom. The van der Waals surface area contributed by atoms with E-state index >= 15 is 0 Å².